The summed E-state index contributed by atoms with van der Waals surface area (Å²) in [6.45, 7) is 20.8. The summed E-state index contributed by atoms with van der Waals surface area (Å²) >= 11 is 0. The second kappa shape index (κ2) is 5.33. The van der Waals surface area contributed by atoms with Gasteiger partial charge in [-0.3, -0.25) is 0 Å². The lowest BCUT2D eigenvalue weighted by Crippen LogP contribution is -2.45. The number of hydrogen-bond donors (Lipinski definition) is 0. The van der Waals surface area contributed by atoms with E-state index in [2.05, 4.69) is 60.1 Å². The van der Waals surface area contributed by atoms with E-state index in [-0.39, 0.29) is 5.60 Å². The van der Waals surface area contributed by atoms with E-state index < -0.39 is 16.6 Å². The van der Waals surface area contributed by atoms with Crippen molar-refractivity contribution in [3.63, 3.8) is 0 Å². The Kier molecular flexibility index (Phi) is 5.45. The van der Waals surface area contributed by atoms with Crippen LogP contribution in [0.25, 0.3) is 0 Å². The molecule has 0 aliphatic rings. The number of rotatable bonds is 6. The van der Waals surface area contributed by atoms with Gasteiger partial charge in [0.2, 0.25) is 0 Å². The fourth-order valence-corrected chi connectivity index (χ4v) is 3.99. The molecule has 2 nitrogen and oxygen atoms in total. The van der Waals surface area contributed by atoms with Gasteiger partial charge in [-0.15, -0.1) is 0 Å². The van der Waals surface area contributed by atoms with E-state index >= 15 is 0 Å². The Morgan fingerprint density at radius 1 is 0.938 bits per heavy atom. The molecule has 0 bridgehead atoms. The quantitative estimate of drug-likeness (QED) is 0.671. The van der Waals surface area contributed by atoms with Crippen LogP contribution >= 0.6 is 0 Å². The third kappa shape index (κ3) is 7.60. The predicted octanol–water partition coefficient (Wildman–Crippen LogP) is 4.10. The van der Waals surface area contributed by atoms with Gasteiger partial charge in [0.25, 0.3) is 0 Å². The normalized spacial score (nSPS) is 16.3. The zero-order chi connectivity index (χ0) is 13.2. The molecule has 0 heterocycles. The molecule has 0 radical (unpaired) electrons. The van der Waals surface area contributed by atoms with Gasteiger partial charge in [0, 0.05) is 12.5 Å². The maximum Gasteiger partial charge on any atom is 0.184 e. The van der Waals surface area contributed by atoms with Gasteiger partial charge in [-0.05, 0) is 53.1 Å². The number of hydrogen-bond acceptors (Lipinski definition) is 2. The third-order valence-corrected chi connectivity index (χ3v) is 4.69. The molecule has 98 valence electrons. The van der Waals surface area contributed by atoms with Crippen LogP contribution in [0.15, 0.2) is 0 Å². The highest BCUT2D eigenvalue weighted by Gasteiger charge is 2.33. The van der Waals surface area contributed by atoms with Crippen LogP contribution in [0.4, 0.5) is 0 Å². The van der Waals surface area contributed by atoms with Gasteiger partial charge < -0.3 is 8.85 Å². The lowest BCUT2D eigenvalue weighted by molar-refractivity contribution is 0.0203. The minimum absolute atomic E-state index is 0.0792. The average Bonchev–Trinajstić information content (AvgIpc) is 1.93. The van der Waals surface area contributed by atoms with Crippen molar-refractivity contribution in [2.24, 2.45) is 5.92 Å². The molecule has 0 aliphatic heterocycles. The summed E-state index contributed by atoms with van der Waals surface area (Å²) in [6.07, 6.45) is 0. The lowest BCUT2D eigenvalue weighted by atomic mass is 9.94. The lowest BCUT2D eigenvalue weighted by Gasteiger charge is -2.38. The minimum atomic E-state index is -1.47. The molecule has 0 rings (SSSR count). The Morgan fingerprint density at radius 2 is 1.38 bits per heavy atom. The Hall–Kier alpha value is 0.354. The van der Waals surface area contributed by atoms with E-state index in [4.69, 9.17) is 8.85 Å². The van der Waals surface area contributed by atoms with Gasteiger partial charge in [-0.25, -0.2) is 0 Å². The molecule has 1 unspecified atom stereocenters. The second-order valence-electron chi connectivity index (χ2n) is 7.14. The molecule has 0 aromatic rings. The molecular formula is C12H30O2Si2. The van der Waals surface area contributed by atoms with Crippen LogP contribution in [0.2, 0.25) is 39.3 Å². The summed E-state index contributed by atoms with van der Waals surface area (Å²) in [5.74, 6) is 0.436. The summed E-state index contributed by atoms with van der Waals surface area (Å²) < 4.78 is 12.2. The Labute approximate surface area is 104 Å². The summed E-state index contributed by atoms with van der Waals surface area (Å²) in [5.41, 5.74) is -0.0792. The molecule has 0 spiro atoms. The van der Waals surface area contributed by atoms with Crippen molar-refractivity contribution in [3.05, 3.63) is 0 Å². The van der Waals surface area contributed by atoms with Crippen LogP contribution in [0.1, 0.15) is 20.8 Å². The summed E-state index contributed by atoms with van der Waals surface area (Å²) in [7, 11) is -2.88. The van der Waals surface area contributed by atoms with Gasteiger partial charge >= 0.3 is 0 Å². The molecule has 16 heavy (non-hydrogen) atoms. The summed E-state index contributed by atoms with van der Waals surface area (Å²) in [4.78, 5) is 0. The Balaban J connectivity index is 4.30. The predicted molar refractivity (Wildman–Crippen MR) is 77.0 cm³/mol. The van der Waals surface area contributed by atoms with Crippen LogP contribution in [0.5, 0.6) is 0 Å². The summed E-state index contributed by atoms with van der Waals surface area (Å²) in [6, 6.07) is 0. The van der Waals surface area contributed by atoms with Crippen molar-refractivity contribution in [2.45, 2.75) is 65.7 Å². The van der Waals surface area contributed by atoms with E-state index in [0.717, 1.165) is 6.61 Å². The topological polar surface area (TPSA) is 18.5 Å². The smallest absolute Gasteiger partial charge is 0.184 e. The first-order chi connectivity index (χ1) is 6.83. The summed E-state index contributed by atoms with van der Waals surface area (Å²) in [5, 5.41) is 0. The Morgan fingerprint density at radius 3 is 1.69 bits per heavy atom. The molecule has 0 amide bonds. The first kappa shape index (κ1) is 16.4. The van der Waals surface area contributed by atoms with Crippen molar-refractivity contribution in [1.82, 2.24) is 0 Å². The van der Waals surface area contributed by atoms with Crippen LogP contribution in [0.3, 0.4) is 0 Å². The molecule has 0 aliphatic carbocycles. The van der Waals surface area contributed by atoms with Gasteiger partial charge in [-0.2, -0.15) is 0 Å². The second-order valence-corrected chi connectivity index (χ2v) is 16.1. The molecule has 1 atom stereocenters. The van der Waals surface area contributed by atoms with Gasteiger partial charge in [-0.1, -0.05) is 6.92 Å². The van der Waals surface area contributed by atoms with Crippen molar-refractivity contribution in [2.75, 3.05) is 6.61 Å². The molecule has 0 saturated heterocycles. The van der Waals surface area contributed by atoms with E-state index in [1.165, 1.54) is 0 Å². The fourth-order valence-electron chi connectivity index (χ4n) is 1.47. The van der Waals surface area contributed by atoms with E-state index in [1.807, 2.05) is 0 Å². The zero-order valence-corrected chi connectivity index (χ0v) is 14.6. The maximum absolute atomic E-state index is 6.23. The first-order valence-electron chi connectivity index (χ1n) is 6.18. The molecule has 0 aromatic heterocycles. The Bertz CT molecular complexity index is 214. The van der Waals surface area contributed by atoms with E-state index in [1.54, 1.807) is 0 Å². The highest BCUT2D eigenvalue weighted by molar-refractivity contribution is 6.70. The highest BCUT2D eigenvalue weighted by Crippen LogP contribution is 2.26. The molecule has 0 fully saturated rings. The van der Waals surface area contributed by atoms with Crippen molar-refractivity contribution < 1.29 is 8.85 Å². The van der Waals surface area contributed by atoms with Crippen LogP contribution in [0, 0.1) is 5.92 Å². The molecular weight excluding hydrogens is 232 g/mol. The van der Waals surface area contributed by atoms with Crippen LogP contribution in [-0.2, 0) is 8.85 Å². The van der Waals surface area contributed by atoms with Crippen LogP contribution < -0.4 is 0 Å². The van der Waals surface area contributed by atoms with Crippen molar-refractivity contribution >= 4 is 16.6 Å². The monoisotopic (exact) mass is 262 g/mol. The van der Waals surface area contributed by atoms with Crippen molar-refractivity contribution in [1.29, 1.82) is 0 Å². The molecule has 0 saturated carbocycles. The molecule has 0 N–H and O–H groups in total. The standard InChI is InChI=1S/C12H30O2Si2/c1-11(10-13-15(4,5)6)12(2,3)14-16(7,8)9/h11H,10H2,1-9H3. The third-order valence-electron chi connectivity index (χ3n) is 2.52. The molecule has 0 aromatic carbocycles. The van der Waals surface area contributed by atoms with E-state index in [9.17, 15) is 0 Å². The van der Waals surface area contributed by atoms with Gasteiger partial charge in [0.1, 0.15) is 0 Å². The SMILES string of the molecule is CC(CO[Si](C)(C)C)C(C)(C)O[Si](C)(C)C. The average molecular weight is 263 g/mol. The zero-order valence-electron chi connectivity index (χ0n) is 12.6. The van der Waals surface area contributed by atoms with Gasteiger partial charge in [0.05, 0.1) is 5.60 Å². The van der Waals surface area contributed by atoms with E-state index in [0.29, 0.717) is 5.92 Å². The van der Waals surface area contributed by atoms with Crippen molar-refractivity contribution in [3.8, 4) is 0 Å². The van der Waals surface area contributed by atoms with Gasteiger partial charge in [0.15, 0.2) is 16.6 Å². The highest BCUT2D eigenvalue weighted by atomic mass is 28.4. The largest absolute Gasteiger partial charge is 0.417 e. The maximum atomic E-state index is 6.23. The fraction of sp³-hybridized carbons (Fsp3) is 1.00. The van der Waals surface area contributed by atoms with Crippen LogP contribution in [-0.4, -0.2) is 28.8 Å². The molecule has 4 heteroatoms. The first-order valence-corrected chi connectivity index (χ1v) is 13.0. The minimum Gasteiger partial charge on any atom is -0.417 e.